The third kappa shape index (κ3) is 4.87. The van der Waals surface area contributed by atoms with Gasteiger partial charge >= 0.3 is 0 Å². The van der Waals surface area contributed by atoms with Crippen LogP contribution in [0.4, 0.5) is 0 Å². The highest BCUT2D eigenvalue weighted by Crippen LogP contribution is 2.28. The van der Waals surface area contributed by atoms with Gasteiger partial charge in [0.15, 0.2) is 0 Å². The molecule has 1 aromatic rings. The molecular weight excluding hydrogens is 356 g/mol. The van der Waals surface area contributed by atoms with Crippen LogP contribution in [0.3, 0.4) is 0 Å². The Kier molecular flexibility index (Phi) is 6.33. The molecule has 1 N–H and O–H groups in total. The molecule has 1 aliphatic rings. The van der Waals surface area contributed by atoms with E-state index in [0.29, 0.717) is 29.7 Å². The van der Waals surface area contributed by atoms with Gasteiger partial charge in [-0.05, 0) is 60.1 Å². The van der Waals surface area contributed by atoms with E-state index < -0.39 is 0 Å². The molecule has 4 nitrogen and oxygen atoms in total. The zero-order valence-corrected chi connectivity index (χ0v) is 14.4. The summed E-state index contributed by atoms with van der Waals surface area (Å²) in [5.41, 5.74) is 0. The Labute approximate surface area is 138 Å². The summed E-state index contributed by atoms with van der Waals surface area (Å²) in [7, 11) is 1.95. The summed E-state index contributed by atoms with van der Waals surface area (Å²) in [5, 5.41) is 3.82. The number of carbonyl (C=O) groups is 1. The molecule has 1 aromatic carbocycles. The van der Waals surface area contributed by atoms with Crippen molar-refractivity contribution in [1.29, 1.82) is 0 Å². The van der Waals surface area contributed by atoms with Crippen LogP contribution >= 0.6 is 27.5 Å². The molecular formula is C15H20BrClN2O2. The van der Waals surface area contributed by atoms with Crippen molar-refractivity contribution in [3.63, 3.8) is 0 Å². The Morgan fingerprint density at radius 2 is 2.38 bits per heavy atom. The molecule has 1 atom stereocenters. The number of ether oxygens (including phenoxy) is 1. The lowest BCUT2D eigenvalue weighted by atomic mass is 10.1. The number of hydrogen-bond donors (Lipinski definition) is 1. The van der Waals surface area contributed by atoms with E-state index in [-0.39, 0.29) is 5.91 Å². The van der Waals surface area contributed by atoms with Gasteiger partial charge in [-0.1, -0.05) is 11.6 Å². The minimum atomic E-state index is 0.165. The molecule has 21 heavy (non-hydrogen) atoms. The summed E-state index contributed by atoms with van der Waals surface area (Å²) in [6, 6.07) is 5.35. The van der Waals surface area contributed by atoms with E-state index in [4.69, 9.17) is 16.3 Å². The lowest BCUT2D eigenvalue weighted by molar-refractivity contribution is -0.130. The summed E-state index contributed by atoms with van der Waals surface area (Å²) in [5.74, 6) is 1.45. The average molecular weight is 376 g/mol. The zero-order chi connectivity index (χ0) is 15.2. The summed E-state index contributed by atoms with van der Waals surface area (Å²) < 4.78 is 6.43. The molecule has 6 heteroatoms. The highest BCUT2D eigenvalue weighted by atomic mass is 79.9. The molecule has 1 saturated heterocycles. The molecule has 1 aliphatic heterocycles. The lowest BCUT2D eigenvalue weighted by Gasteiger charge is -2.17. The molecule has 0 unspecified atom stereocenters. The molecule has 116 valence electrons. The third-order valence-corrected chi connectivity index (χ3v) is 4.45. The van der Waals surface area contributed by atoms with Gasteiger partial charge in [0.1, 0.15) is 5.75 Å². The first-order valence-corrected chi connectivity index (χ1v) is 8.27. The maximum Gasteiger partial charge on any atom is 0.226 e. The Bertz CT molecular complexity index is 499. The van der Waals surface area contributed by atoms with Gasteiger partial charge in [-0.3, -0.25) is 4.79 Å². The van der Waals surface area contributed by atoms with E-state index >= 15 is 0 Å². The van der Waals surface area contributed by atoms with Gasteiger partial charge < -0.3 is 15.0 Å². The van der Waals surface area contributed by atoms with Gasteiger partial charge in [-0.25, -0.2) is 0 Å². The molecule has 0 spiro atoms. The summed E-state index contributed by atoms with van der Waals surface area (Å²) in [4.78, 5) is 14.0. The normalized spacial score (nSPS) is 18.0. The number of amides is 1. The van der Waals surface area contributed by atoms with Crippen molar-refractivity contribution in [3.05, 3.63) is 27.7 Å². The van der Waals surface area contributed by atoms with Crippen LogP contribution in [-0.4, -0.2) is 44.1 Å². The van der Waals surface area contributed by atoms with Gasteiger partial charge in [0.05, 0.1) is 17.5 Å². The summed E-state index contributed by atoms with van der Waals surface area (Å²) in [6.45, 7) is 3.06. The van der Waals surface area contributed by atoms with E-state index in [2.05, 4.69) is 21.2 Å². The highest BCUT2D eigenvalue weighted by molar-refractivity contribution is 9.10. The van der Waals surface area contributed by atoms with E-state index in [1.54, 1.807) is 18.2 Å². The third-order valence-electron chi connectivity index (χ3n) is 3.60. The van der Waals surface area contributed by atoms with Gasteiger partial charge in [0.2, 0.25) is 5.91 Å². The van der Waals surface area contributed by atoms with Crippen LogP contribution in [0.5, 0.6) is 5.75 Å². The van der Waals surface area contributed by atoms with Crippen LogP contribution < -0.4 is 10.1 Å². The first kappa shape index (κ1) is 16.6. The number of nitrogens with one attached hydrogen (secondary N) is 1. The number of hydrogen-bond acceptors (Lipinski definition) is 3. The second-order valence-electron chi connectivity index (χ2n) is 5.23. The maximum atomic E-state index is 12.1. The SMILES string of the molecule is CNC[C@@H]1CCN(C(=O)CCOc2ccc(Cl)cc2Br)C1. The van der Waals surface area contributed by atoms with Crippen molar-refractivity contribution in [1.82, 2.24) is 10.2 Å². The molecule has 0 bridgehead atoms. The van der Waals surface area contributed by atoms with E-state index in [9.17, 15) is 4.79 Å². The van der Waals surface area contributed by atoms with Crippen LogP contribution in [0.25, 0.3) is 0 Å². The second kappa shape index (κ2) is 8.01. The number of benzene rings is 1. The lowest BCUT2D eigenvalue weighted by Crippen LogP contribution is -2.31. The zero-order valence-electron chi connectivity index (χ0n) is 12.1. The molecule has 0 radical (unpaired) electrons. The smallest absolute Gasteiger partial charge is 0.226 e. The van der Waals surface area contributed by atoms with Crippen molar-refractivity contribution in [2.75, 3.05) is 33.3 Å². The first-order chi connectivity index (χ1) is 10.1. The fourth-order valence-corrected chi connectivity index (χ4v) is 3.31. The average Bonchev–Trinajstić information content (AvgIpc) is 2.90. The summed E-state index contributed by atoms with van der Waals surface area (Å²) in [6.07, 6.45) is 1.48. The van der Waals surface area contributed by atoms with Crippen molar-refractivity contribution < 1.29 is 9.53 Å². The highest BCUT2D eigenvalue weighted by Gasteiger charge is 2.25. The van der Waals surface area contributed by atoms with Gasteiger partial charge in [0, 0.05) is 18.1 Å². The quantitative estimate of drug-likeness (QED) is 0.831. The topological polar surface area (TPSA) is 41.6 Å². The van der Waals surface area contributed by atoms with Crippen molar-refractivity contribution in [2.24, 2.45) is 5.92 Å². The Hall–Kier alpha value is -0.780. The number of likely N-dealkylation sites (tertiary alicyclic amines) is 1. The van der Waals surface area contributed by atoms with E-state index in [1.165, 1.54) is 0 Å². The molecule has 0 aromatic heterocycles. The Morgan fingerprint density at radius 3 is 3.10 bits per heavy atom. The van der Waals surface area contributed by atoms with Crippen LogP contribution in [0.1, 0.15) is 12.8 Å². The molecule has 0 saturated carbocycles. The fourth-order valence-electron chi connectivity index (χ4n) is 2.51. The monoisotopic (exact) mass is 374 g/mol. The number of nitrogens with zero attached hydrogens (tertiary/aromatic N) is 1. The standard InChI is InChI=1S/C15H20BrClN2O2/c1-18-9-11-4-6-19(10-11)15(20)5-7-21-14-3-2-12(17)8-13(14)16/h2-3,8,11,18H,4-7,9-10H2,1H3/t11-/m0/s1. The van der Waals surface area contributed by atoms with Crippen molar-refractivity contribution in [2.45, 2.75) is 12.8 Å². The fraction of sp³-hybridized carbons (Fsp3) is 0.533. The maximum absolute atomic E-state index is 12.1. The number of halogens is 2. The van der Waals surface area contributed by atoms with Crippen molar-refractivity contribution >= 4 is 33.4 Å². The predicted molar refractivity (Wildman–Crippen MR) is 87.9 cm³/mol. The predicted octanol–water partition coefficient (Wildman–Crippen LogP) is 2.94. The van der Waals surface area contributed by atoms with E-state index in [1.807, 2.05) is 11.9 Å². The number of carbonyl (C=O) groups excluding carboxylic acids is 1. The Morgan fingerprint density at radius 1 is 1.57 bits per heavy atom. The molecule has 1 amide bonds. The van der Waals surface area contributed by atoms with Crippen LogP contribution in [0.2, 0.25) is 5.02 Å². The molecule has 2 rings (SSSR count). The summed E-state index contributed by atoms with van der Waals surface area (Å²) >= 11 is 9.27. The largest absolute Gasteiger partial charge is 0.492 e. The first-order valence-electron chi connectivity index (χ1n) is 7.10. The number of rotatable bonds is 6. The van der Waals surface area contributed by atoms with Gasteiger partial charge in [-0.2, -0.15) is 0 Å². The second-order valence-corrected chi connectivity index (χ2v) is 6.52. The van der Waals surface area contributed by atoms with Gasteiger partial charge in [0.25, 0.3) is 0 Å². The molecule has 1 heterocycles. The van der Waals surface area contributed by atoms with Crippen LogP contribution in [-0.2, 0) is 4.79 Å². The molecule has 0 aliphatic carbocycles. The van der Waals surface area contributed by atoms with Crippen LogP contribution in [0.15, 0.2) is 22.7 Å². The minimum Gasteiger partial charge on any atom is -0.492 e. The minimum absolute atomic E-state index is 0.165. The molecule has 1 fully saturated rings. The van der Waals surface area contributed by atoms with E-state index in [0.717, 1.165) is 30.5 Å². The van der Waals surface area contributed by atoms with Crippen LogP contribution in [0, 0.1) is 5.92 Å². The van der Waals surface area contributed by atoms with Crippen molar-refractivity contribution in [3.8, 4) is 5.75 Å². The van der Waals surface area contributed by atoms with Gasteiger partial charge in [-0.15, -0.1) is 0 Å². The Balaban J connectivity index is 1.74.